The minimum atomic E-state index is 0.374. The van der Waals surface area contributed by atoms with E-state index in [1.807, 2.05) is 12.1 Å². The lowest BCUT2D eigenvalue weighted by Gasteiger charge is -2.22. The van der Waals surface area contributed by atoms with E-state index in [0.717, 1.165) is 11.4 Å². The number of benzene rings is 1. The predicted octanol–water partition coefficient (Wildman–Crippen LogP) is 5.20. The molecule has 1 nitrogen and oxygen atoms in total. The van der Waals surface area contributed by atoms with Crippen LogP contribution in [0.5, 0.6) is 0 Å². The van der Waals surface area contributed by atoms with E-state index < -0.39 is 0 Å². The predicted molar refractivity (Wildman–Crippen MR) is 80.4 cm³/mol. The molecule has 0 spiro atoms. The summed E-state index contributed by atoms with van der Waals surface area (Å²) in [6.07, 6.45) is 1.07. The number of thiophene rings is 1. The minimum Gasteiger partial charge on any atom is -0.303 e. The molecule has 2 atom stereocenters. The highest BCUT2D eigenvalue weighted by Gasteiger charge is 2.14. The molecule has 1 aromatic heterocycles. The van der Waals surface area contributed by atoms with Crippen molar-refractivity contribution in [1.82, 2.24) is 5.32 Å². The average Bonchev–Trinajstić information content (AvgIpc) is 2.91. The van der Waals surface area contributed by atoms with E-state index in [-0.39, 0.29) is 0 Å². The third kappa shape index (κ3) is 3.35. The van der Waals surface area contributed by atoms with E-state index in [1.54, 1.807) is 11.3 Å². The Bertz CT molecular complexity index is 464. The number of nitrogens with one attached hydrogen (secondary N) is 1. The van der Waals surface area contributed by atoms with Crippen LogP contribution in [0.25, 0.3) is 0 Å². The molecular formula is C15H18ClNS. The van der Waals surface area contributed by atoms with Crippen molar-refractivity contribution in [3.63, 3.8) is 0 Å². The van der Waals surface area contributed by atoms with Gasteiger partial charge in [0.15, 0.2) is 0 Å². The summed E-state index contributed by atoms with van der Waals surface area (Å²) in [7, 11) is 0. The standard InChI is InChI=1S/C15H18ClNS/c1-3-14(12-6-8-13(16)9-7-12)17-11(2)15-5-4-10-18-15/h4-11,14,17H,3H2,1-2H3/t11-,14?/m0/s1. The second-order valence-electron chi connectivity index (χ2n) is 4.42. The average molecular weight is 280 g/mol. The third-order valence-electron chi connectivity index (χ3n) is 3.10. The van der Waals surface area contributed by atoms with Crippen LogP contribution in [0.2, 0.25) is 5.02 Å². The SMILES string of the molecule is CCC(N[C@@H](C)c1cccs1)c1ccc(Cl)cc1. The van der Waals surface area contributed by atoms with Crippen molar-refractivity contribution in [3.8, 4) is 0 Å². The Morgan fingerprint density at radius 1 is 1.22 bits per heavy atom. The molecule has 18 heavy (non-hydrogen) atoms. The van der Waals surface area contributed by atoms with Gasteiger partial charge in [0.05, 0.1) is 0 Å². The molecule has 2 rings (SSSR count). The highest BCUT2D eigenvalue weighted by atomic mass is 35.5. The zero-order valence-corrected chi connectivity index (χ0v) is 12.3. The number of rotatable bonds is 5. The Morgan fingerprint density at radius 3 is 2.50 bits per heavy atom. The zero-order valence-electron chi connectivity index (χ0n) is 10.7. The number of hydrogen-bond donors (Lipinski definition) is 1. The summed E-state index contributed by atoms with van der Waals surface area (Å²) in [5.41, 5.74) is 1.30. The normalized spacial score (nSPS) is 14.4. The fourth-order valence-electron chi connectivity index (χ4n) is 2.07. The smallest absolute Gasteiger partial charge is 0.0406 e. The van der Waals surface area contributed by atoms with Gasteiger partial charge in [-0.2, -0.15) is 0 Å². The first kappa shape index (κ1) is 13.6. The fraction of sp³-hybridized carbons (Fsp3) is 0.333. The summed E-state index contributed by atoms with van der Waals surface area (Å²) in [5.74, 6) is 0. The quantitative estimate of drug-likeness (QED) is 0.793. The zero-order chi connectivity index (χ0) is 13.0. The molecule has 0 aliphatic heterocycles. The monoisotopic (exact) mass is 279 g/mol. The van der Waals surface area contributed by atoms with Gasteiger partial charge in [-0.15, -0.1) is 11.3 Å². The second-order valence-corrected chi connectivity index (χ2v) is 5.83. The molecule has 3 heteroatoms. The van der Waals surface area contributed by atoms with Gasteiger partial charge in [-0.1, -0.05) is 36.7 Å². The van der Waals surface area contributed by atoms with Crippen molar-refractivity contribution in [3.05, 3.63) is 57.2 Å². The summed E-state index contributed by atoms with van der Waals surface area (Å²) in [6, 6.07) is 13.1. The van der Waals surface area contributed by atoms with Crippen molar-refractivity contribution in [1.29, 1.82) is 0 Å². The van der Waals surface area contributed by atoms with Crippen molar-refractivity contribution in [2.45, 2.75) is 32.4 Å². The van der Waals surface area contributed by atoms with Crippen molar-refractivity contribution in [2.75, 3.05) is 0 Å². The van der Waals surface area contributed by atoms with Crippen LogP contribution in [0.4, 0.5) is 0 Å². The topological polar surface area (TPSA) is 12.0 Å². The molecule has 0 fully saturated rings. The van der Waals surface area contributed by atoms with Crippen LogP contribution in [0.15, 0.2) is 41.8 Å². The molecule has 0 aliphatic rings. The molecule has 0 amide bonds. The van der Waals surface area contributed by atoms with E-state index >= 15 is 0 Å². The Labute approximate surface area is 118 Å². The maximum atomic E-state index is 5.93. The van der Waals surface area contributed by atoms with Gasteiger partial charge in [0.1, 0.15) is 0 Å². The maximum absolute atomic E-state index is 5.93. The Balaban J connectivity index is 2.07. The van der Waals surface area contributed by atoms with Gasteiger partial charge in [0.2, 0.25) is 0 Å². The van der Waals surface area contributed by atoms with Crippen LogP contribution in [-0.2, 0) is 0 Å². The van der Waals surface area contributed by atoms with Gasteiger partial charge in [-0.05, 0) is 42.5 Å². The lowest BCUT2D eigenvalue weighted by molar-refractivity contribution is 0.460. The number of halogens is 1. The van der Waals surface area contributed by atoms with E-state index in [0.29, 0.717) is 12.1 Å². The lowest BCUT2D eigenvalue weighted by atomic mass is 10.0. The van der Waals surface area contributed by atoms with Crippen LogP contribution < -0.4 is 5.32 Å². The third-order valence-corrected chi connectivity index (χ3v) is 4.41. The minimum absolute atomic E-state index is 0.374. The van der Waals surface area contributed by atoms with E-state index in [2.05, 4.69) is 48.8 Å². The highest BCUT2D eigenvalue weighted by Crippen LogP contribution is 2.25. The Kier molecular flexibility index (Phi) is 4.81. The molecular weight excluding hydrogens is 262 g/mol. The molecule has 2 aromatic rings. The first-order chi connectivity index (χ1) is 8.70. The molecule has 96 valence electrons. The maximum Gasteiger partial charge on any atom is 0.0406 e. The van der Waals surface area contributed by atoms with Gasteiger partial charge < -0.3 is 5.32 Å². The first-order valence-corrected chi connectivity index (χ1v) is 7.51. The first-order valence-electron chi connectivity index (χ1n) is 6.25. The lowest BCUT2D eigenvalue weighted by Crippen LogP contribution is -2.23. The van der Waals surface area contributed by atoms with Crippen LogP contribution in [0.3, 0.4) is 0 Å². The van der Waals surface area contributed by atoms with Gasteiger partial charge in [-0.25, -0.2) is 0 Å². The molecule has 0 radical (unpaired) electrons. The van der Waals surface area contributed by atoms with Crippen molar-refractivity contribution in [2.24, 2.45) is 0 Å². The molecule has 0 aliphatic carbocycles. The van der Waals surface area contributed by atoms with Crippen molar-refractivity contribution < 1.29 is 0 Å². The fourth-order valence-corrected chi connectivity index (χ4v) is 2.94. The van der Waals surface area contributed by atoms with Gasteiger partial charge in [0, 0.05) is 22.0 Å². The highest BCUT2D eigenvalue weighted by molar-refractivity contribution is 7.10. The van der Waals surface area contributed by atoms with Crippen LogP contribution in [0, 0.1) is 0 Å². The van der Waals surface area contributed by atoms with Crippen molar-refractivity contribution >= 4 is 22.9 Å². The summed E-state index contributed by atoms with van der Waals surface area (Å²) >= 11 is 7.73. The van der Waals surface area contributed by atoms with Gasteiger partial charge >= 0.3 is 0 Å². The van der Waals surface area contributed by atoms with Crippen LogP contribution in [-0.4, -0.2) is 0 Å². The molecule has 1 aromatic carbocycles. The largest absolute Gasteiger partial charge is 0.303 e. The van der Waals surface area contributed by atoms with Gasteiger partial charge in [-0.3, -0.25) is 0 Å². The molecule has 1 heterocycles. The van der Waals surface area contributed by atoms with E-state index in [1.165, 1.54) is 10.4 Å². The Hall–Kier alpha value is -0.830. The summed E-state index contributed by atoms with van der Waals surface area (Å²) in [5, 5.41) is 6.59. The van der Waals surface area contributed by atoms with Crippen LogP contribution in [0.1, 0.15) is 42.8 Å². The molecule has 1 N–H and O–H groups in total. The van der Waals surface area contributed by atoms with E-state index in [9.17, 15) is 0 Å². The summed E-state index contributed by atoms with van der Waals surface area (Å²) in [6.45, 7) is 4.41. The molecule has 1 unspecified atom stereocenters. The summed E-state index contributed by atoms with van der Waals surface area (Å²) < 4.78 is 0. The molecule has 0 saturated heterocycles. The Morgan fingerprint density at radius 2 is 1.94 bits per heavy atom. The van der Waals surface area contributed by atoms with Crippen LogP contribution >= 0.6 is 22.9 Å². The summed E-state index contributed by atoms with van der Waals surface area (Å²) in [4.78, 5) is 1.38. The molecule has 0 saturated carbocycles. The number of hydrogen-bond acceptors (Lipinski definition) is 2. The van der Waals surface area contributed by atoms with E-state index in [4.69, 9.17) is 11.6 Å². The van der Waals surface area contributed by atoms with Gasteiger partial charge in [0.25, 0.3) is 0 Å². The molecule has 0 bridgehead atoms. The second kappa shape index (κ2) is 6.37.